The monoisotopic (exact) mass is 314 g/mol. The molecule has 1 N–H and O–H groups in total. The average molecular weight is 314 g/mol. The summed E-state index contributed by atoms with van der Waals surface area (Å²) in [6.07, 6.45) is -0.473. The summed E-state index contributed by atoms with van der Waals surface area (Å²) in [6.45, 7) is 5.50. The van der Waals surface area contributed by atoms with Gasteiger partial charge >= 0.3 is 6.09 Å². The number of nitrogens with one attached hydrogen (secondary N) is 1. The predicted molar refractivity (Wildman–Crippen MR) is 91.8 cm³/mol. The summed E-state index contributed by atoms with van der Waals surface area (Å²) in [4.78, 5) is 12.5. The standard InChI is InChI=1S/C18H22N2O3/c1-18(2,3)23-17(21)20(15-8-6-5-7-9-15)19-14-10-12-16(22-4)13-11-14/h5-13,19H,1-4H3. The van der Waals surface area contributed by atoms with Crippen molar-refractivity contribution in [2.75, 3.05) is 17.5 Å². The Morgan fingerprint density at radius 2 is 1.61 bits per heavy atom. The molecule has 0 atom stereocenters. The van der Waals surface area contributed by atoms with Crippen LogP contribution >= 0.6 is 0 Å². The van der Waals surface area contributed by atoms with E-state index in [0.717, 1.165) is 11.4 Å². The van der Waals surface area contributed by atoms with Crippen LogP contribution in [0.5, 0.6) is 5.75 Å². The molecule has 0 saturated heterocycles. The van der Waals surface area contributed by atoms with Gasteiger partial charge in [0.25, 0.3) is 0 Å². The van der Waals surface area contributed by atoms with E-state index in [1.165, 1.54) is 5.01 Å². The van der Waals surface area contributed by atoms with E-state index < -0.39 is 11.7 Å². The fraction of sp³-hybridized carbons (Fsp3) is 0.278. The molecule has 0 bridgehead atoms. The van der Waals surface area contributed by atoms with Gasteiger partial charge < -0.3 is 9.47 Å². The zero-order chi connectivity index (χ0) is 16.9. The van der Waals surface area contributed by atoms with Crippen molar-refractivity contribution in [3.8, 4) is 5.75 Å². The van der Waals surface area contributed by atoms with Crippen LogP contribution < -0.4 is 15.2 Å². The molecule has 5 nitrogen and oxygen atoms in total. The molecule has 0 aliphatic carbocycles. The van der Waals surface area contributed by atoms with E-state index in [2.05, 4.69) is 5.43 Å². The van der Waals surface area contributed by atoms with Gasteiger partial charge in [-0.1, -0.05) is 18.2 Å². The van der Waals surface area contributed by atoms with Crippen LogP contribution in [-0.4, -0.2) is 18.8 Å². The molecule has 0 saturated carbocycles. The van der Waals surface area contributed by atoms with Crippen molar-refractivity contribution in [3.63, 3.8) is 0 Å². The minimum Gasteiger partial charge on any atom is -0.497 e. The number of anilines is 2. The highest BCUT2D eigenvalue weighted by Gasteiger charge is 2.23. The Morgan fingerprint density at radius 3 is 2.13 bits per heavy atom. The number of hydrogen-bond acceptors (Lipinski definition) is 4. The number of hydrogen-bond donors (Lipinski definition) is 1. The van der Waals surface area contributed by atoms with Gasteiger partial charge in [0.05, 0.1) is 18.5 Å². The molecule has 1 amide bonds. The molecule has 5 heteroatoms. The number of para-hydroxylation sites is 1. The number of carbonyl (C=O) groups is 1. The van der Waals surface area contributed by atoms with Crippen LogP contribution in [-0.2, 0) is 4.74 Å². The van der Waals surface area contributed by atoms with Gasteiger partial charge in [-0.15, -0.1) is 0 Å². The topological polar surface area (TPSA) is 50.8 Å². The van der Waals surface area contributed by atoms with Gasteiger partial charge in [-0.2, -0.15) is 5.01 Å². The molecule has 0 aliphatic heterocycles. The van der Waals surface area contributed by atoms with E-state index in [4.69, 9.17) is 9.47 Å². The maximum atomic E-state index is 12.5. The SMILES string of the molecule is COc1ccc(NN(C(=O)OC(C)(C)C)c2ccccc2)cc1. The Morgan fingerprint density at radius 1 is 1.00 bits per heavy atom. The summed E-state index contributed by atoms with van der Waals surface area (Å²) >= 11 is 0. The highest BCUT2D eigenvalue weighted by Crippen LogP contribution is 2.21. The molecule has 2 aromatic rings. The molecule has 0 aromatic heterocycles. The van der Waals surface area contributed by atoms with Gasteiger partial charge in [0, 0.05) is 0 Å². The summed E-state index contributed by atoms with van der Waals surface area (Å²) in [5.74, 6) is 0.749. The second-order valence-corrected chi connectivity index (χ2v) is 5.99. The number of amides is 1. The van der Waals surface area contributed by atoms with Crippen molar-refractivity contribution >= 4 is 17.5 Å². The zero-order valence-electron chi connectivity index (χ0n) is 13.9. The molecule has 0 radical (unpaired) electrons. The van der Waals surface area contributed by atoms with Crippen LogP contribution in [0.3, 0.4) is 0 Å². The van der Waals surface area contributed by atoms with Crippen LogP contribution in [0.15, 0.2) is 54.6 Å². The maximum absolute atomic E-state index is 12.5. The number of hydrazine groups is 1. The second kappa shape index (κ2) is 7.05. The van der Waals surface area contributed by atoms with E-state index in [9.17, 15) is 4.79 Å². The first-order valence-electron chi connectivity index (χ1n) is 7.38. The second-order valence-electron chi connectivity index (χ2n) is 5.99. The van der Waals surface area contributed by atoms with Crippen molar-refractivity contribution in [1.29, 1.82) is 0 Å². The van der Waals surface area contributed by atoms with Crippen molar-refractivity contribution < 1.29 is 14.3 Å². The van der Waals surface area contributed by atoms with Gasteiger partial charge in [-0.05, 0) is 57.2 Å². The Kier molecular flexibility index (Phi) is 5.11. The smallest absolute Gasteiger partial charge is 0.433 e. The summed E-state index contributed by atoms with van der Waals surface area (Å²) in [5.41, 5.74) is 3.94. The molecule has 0 fully saturated rings. The van der Waals surface area contributed by atoms with Crippen molar-refractivity contribution in [1.82, 2.24) is 0 Å². The van der Waals surface area contributed by atoms with Crippen LogP contribution in [0.2, 0.25) is 0 Å². The lowest BCUT2D eigenvalue weighted by atomic mass is 10.2. The third-order valence-corrected chi connectivity index (χ3v) is 2.92. The minimum absolute atomic E-state index is 0.473. The Hall–Kier alpha value is -2.69. The number of methoxy groups -OCH3 is 1. The third kappa shape index (κ3) is 4.92. The van der Waals surface area contributed by atoms with Crippen molar-refractivity contribution in [2.45, 2.75) is 26.4 Å². The molecular weight excluding hydrogens is 292 g/mol. The van der Waals surface area contributed by atoms with Crippen LogP contribution in [0.1, 0.15) is 20.8 Å². The summed E-state index contributed by atoms with van der Waals surface area (Å²) < 4.78 is 10.6. The fourth-order valence-corrected chi connectivity index (χ4v) is 1.89. The van der Waals surface area contributed by atoms with Gasteiger partial charge in [-0.3, -0.25) is 5.43 Å². The Balaban J connectivity index is 2.24. The van der Waals surface area contributed by atoms with Crippen LogP contribution in [0.4, 0.5) is 16.2 Å². The highest BCUT2D eigenvalue weighted by molar-refractivity contribution is 5.90. The number of carbonyl (C=O) groups excluding carboxylic acids is 1. The van der Waals surface area contributed by atoms with Gasteiger partial charge in [0.1, 0.15) is 11.4 Å². The van der Waals surface area contributed by atoms with Gasteiger partial charge in [0.15, 0.2) is 0 Å². The summed E-state index contributed by atoms with van der Waals surface area (Å²) in [6, 6.07) is 16.6. The first kappa shape index (κ1) is 16.7. The van der Waals surface area contributed by atoms with Crippen LogP contribution in [0.25, 0.3) is 0 Å². The maximum Gasteiger partial charge on any atom is 0.433 e. The largest absolute Gasteiger partial charge is 0.497 e. The Labute approximate surface area is 136 Å². The van der Waals surface area contributed by atoms with Gasteiger partial charge in [-0.25, -0.2) is 4.79 Å². The first-order chi connectivity index (χ1) is 10.9. The molecule has 0 aliphatic rings. The number of ether oxygens (including phenoxy) is 2. The average Bonchev–Trinajstić information content (AvgIpc) is 2.52. The number of rotatable bonds is 4. The fourth-order valence-electron chi connectivity index (χ4n) is 1.89. The first-order valence-corrected chi connectivity index (χ1v) is 7.38. The van der Waals surface area contributed by atoms with E-state index >= 15 is 0 Å². The van der Waals surface area contributed by atoms with E-state index in [0.29, 0.717) is 5.69 Å². The third-order valence-electron chi connectivity index (χ3n) is 2.92. The molecule has 23 heavy (non-hydrogen) atoms. The molecule has 0 spiro atoms. The summed E-state index contributed by atoms with van der Waals surface area (Å²) in [5, 5.41) is 1.38. The van der Waals surface area contributed by atoms with Crippen molar-refractivity contribution in [3.05, 3.63) is 54.6 Å². The predicted octanol–water partition coefficient (Wildman–Crippen LogP) is 4.46. The molecular formula is C18H22N2O3. The molecule has 122 valence electrons. The van der Waals surface area contributed by atoms with E-state index in [-0.39, 0.29) is 0 Å². The van der Waals surface area contributed by atoms with Crippen molar-refractivity contribution in [2.24, 2.45) is 0 Å². The molecule has 0 unspecified atom stereocenters. The normalized spacial score (nSPS) is 10.8. The van der Waals surface area contributed by atoms with E-state index in [1.54, 1.807) is 7.11 Å². The van der Waals surface area contributed by atoms with Gasteiger partial charge in [0.2, 0.25) is 0 Å². The molecule has 2 rings (SSSR count). The lowest BCUT2D eigenvalue weighted by Gasteiger charge is -2.28. The summed E-state index contributed by atoms with van der Waals surface area (Å²) in [7, 11) is 1.61. The number of nitrogens with zero attached hydrogens (tertiary/aromatic N) is 1. The zero-order valence-corrected chi connectivity index (χ0v) is 13.9. The Bertz CT molecular complexity index is 634. The lowest BCUT2D eigenvalue weighted by molar-refractivity contribution is 0.0589. The van der Waals surface area contributed by atoms with E-state index in [1.807, 2.05) is 75.4 Å². The quantitative estimate of drug-likeness (QED) is 0.846. The van der Waals surface area contributed by atoms with Crippen LogP contribution in [0, 0.1) is 0 Å². The minimum atomic E-state index is -0.578. The highest BCUT2D eigenvalue weighted by atomic mass is 16.6. The molecule has 0 heterocycles. The molecule has 2 aromatic carbocycles. The lowest BCUT2D eigenvalue weighted by Crippen LogP contribution is -2.40. The number of benzene rings is 2.